The van der Waals surface area contributed by atoms with E-state index < -0.39 is 10.0 Å². The Bertz CT molecular complexity index is 545. The number of anilines is 1. The molecule has 0 heterocycles. The zero-order valence-corrected chi connectivity index (χ0v) is 12.1. The van der Waals surface area contributed by atoms with Crippen LogP contribution in [0, 0.1) is 0 Å². The van der Waals surface area contributed by atoms with E-state index in [2.05, 4.69) is 10.0 Å². The lowest BCUT2D eigenvalue weighted by Crippen LogP contribution is -2.32. The Balaban J connectivity index is 2.33. The van der Waals surface area contributed by atoms with Crippen LogP contribution in [0.1, 0.15) is 6.42 Å². The summed E-state index contributed by atoms with van der Waals surface area (Å²) in [7, 11) is -1.97. The summed E-state index contributed by atoms with van der Waals surface area (Å²) in [5, 5.41) is 2.41. The van der Waals surface area contributed by atoms with Crippen molar-refractivity contribution in [1.82, 2.24) is 10.0 Å². The van der Waals surface area contributed by atoms with E-state index >= 15 is 0 Å². The van der Waals surface area contributed by atoms with Gasteiger partial charge in [-0.2, -0.15) is 0 Å². The minimum Gasteiger partial charge on any atom is -0.490 e. The quantitative estimate of drug-likeness (QED) is 0.571. The Kier molecular flexibility index (Phi) is 6.26. The topological polar surface area (TPSA) is 111 Å². The van der Waals surface area contributed by atoms with Crippen LogP contribution in [0.25, 0.3) is 0 Å². The van der Waals surface area contributed by atoms with Gasteiger partial charge in [0.05, 0.1) is 11.4 Å². The Labute approximate surface area is 118 Å². The molecule has 0 fully saturated rings. The molecule has 1 amide bonds. The molecule has 0 aliphatic carbocycles. The summed E-state index contributed by atoms with van der Waals surface area (Å²) in [6, 6.07) is 6.85. The largest absolute Gasteiger partial charge is 0.490 e. The van der Waals surface area contributed by atoms with Crippen molar-refractivity contribution in [2.45, 2.75) is 6.42 Å². The molecule has 0 bridgehead atoms. The molecular formula is C12H19N3O4S. The van der Waals surface area contributed by atoms with Gasteiger partial charge in [0, 0.05) is 20.0 Å². The molecule has 0 aliphatic heterocycles. The van der Waals surface area contributed by atoms with Gasteiger partial charge in [-0.15, -0.1) is 0 Å². The average Bonchev–Trinajstić information content (AvgIpc) is 2.40. The first-order valence-electron chi connectivity index (χ1n) is 6.10. The van der Waals surface area contributed by atoms with Gasteiger partial charge in [0.2, 0.25) is 15.9 Å². The van der Waals surface area contributed by atoms with Crippen LogP contribution >= 0.6 is 0 Å². The molecule has 0 atom stereocenters. The molecule has 1 rings (SSSR count). The van der Waals surface area contributed by atoms with E-state index in [1.165, 1.54) is 7.05 Å². The van der Waals surface area contributed by atoms with Crippen LogP contribution in [0.2, 0.25) is 0 Å². The second-order valence-electron chi connectivity index (χ2n) is 4.02. The Morgan fingerprint density at radius 1 is 1.35 bits per heavy atom. The number of carbonyl (C=O) groups excluding carboxylic acids is 1. The maximum atomic E-state index is 11.6. The molecule has 1 aromatic rings. The number of rotatable bonds is 8. The van der Waals surface area contributed by atoms with E-state index in [0.717, 1.165) is 0 Å². The number of hydrogen-bond acceptors (Lipinski definition) is 5. The first kappa shape index (κ1) is 16.3. The van der Waals surface area contributed by atoms with Crippen LogP contribution < -0.4 is 20.5 Å². The molecule has 0 aliphatic rings. The van der Waals surface area contributed by atoms with Crippen LogP contribution in [0.15, 0.2) is 24.3 Å². The third-order valence-electron chi connectivity index (χ3n) is 2.48. The molecule has 0 saturated heterocycles. The molecule has 4 N–H and O–H groups in total. The van der Waals surface area contributed by atoms with E-state index in [1.807, 2.05) is 0 Å². The van der Waals surface area contributed by atoms with Crippen molar-refractivity contribution in [1.29, 1.82) is 0 Å². The minimum atomic E-state index is -3.46. The summed E-state index contributed by atoms with van der Waals surface area (Å²) >= 11 is 0. The summed E-state index contributed by atoms with van der Waals surface area (Å²) in [5.41, 5.74) is 6.12. The number of sulfonamides is 1. The first-order chi connectivity index (χ1) is 9.44. The van der Waals surface area contributed by atoms with Crippen LogP contribution in [0.3, 0.4) is 0 Å². The number of ether oxygens (including phenoxy) is 1. The molecule has 0 aromatic heterocycles. The van der Waals surface area contributed by atoms with Gasteiger partial charge in [0.1, 0.15) is 12.4 Å². The van der Waals surface area contributed by atoms with E-state index in [9.17, 15) is 13.2 Å². The zero-order valence-electron chi connectivity index (χ0n) is 11.3. The van der Waals surface area contributed by atoms with Crippen LogP contribution in [0.5, 0.6) is 5.75 Å². The molecule has 0 unspecified atom stereocenters. The van der Waals surface area contributed by atoms with E-state index in [0.29, 0.717) is 11.4 Å². The molecule has 20 heavy (non-hydrogen) atoms. The maximum absolute atomic E-state index is 11.6. The van der Waals surface area contributed by atoms with E-state index in [4.69, 9.17) is 10.5 Å². The Morgan fingerprint density at radius 3 is 2.70 bits per heavy atom. The fraction of sp³-hybridized carbons (Fsp3) is 0.417. The monoisotopic (exact) mass is 301 g/mol. The lowest BCUT2D eigenvalue weighted by Gasteiger charge is -2.09. The predicted octanol–water partition coefficient (Wildman–Crippen LogP) is -0.297. The number of nitrogens with two attached hydrogens (primary N) is 1. The predicted molar refractivity (Wildman–Crippen MR) is 76.8 cm³/mol. The number of nitrogens with one attached hydrogen (secondary N) is 2. The highest BCUT2D eigenvalue weighted by Crippen LogP contribution is 2.19. The molecule has 0 radical (unpaired) electrons. The van der Waals surface area contributed by atoms with Gasteiger partial charge >= 0.3 is 0 Å². The second-order valence-corrected chi connectivity index (χ2v) is 5.95. The molecule has 7 nitrogen and oxygen atoms in total. The van der Waals surface area contributed by atoms with Crippen LogP contribution in [-0.2, 0) is 14.8 Å². The first-order valence-corrected chi connectivity index (χ1v) is 7.75. The van der Waals surface area contributed by atoms with Crippen molar-refractivity contribution in [3.05, 3.63) is 24.3 Å². The fourth-order valence-electron chi connectivity index (χ4n) is 1.39. The number of hydrogen-bond donors (Lipinski definition) is 3. The number of nitrogen functional groups attached to an aromatic ring is 1. The highest BCUT2D eigenvalue weighted by atomic mass is 32.2. The van der Waals surface area contributed by atoms with Gasteiger partial charge in [0.25, 0.3) is 0 Å². The van der Waals surface area contributed by atoms with Crippen molar-refractivity contribution in [3.63, 3.8) is 0 Å². The van der Waals surface area contributed by atoms with Gasteiger partial charge in [-0.3, -0.25) is 4.79 Å². The molecule has 1 aromatic carbocycles. The SMILES string of the molecule is CNC(=O)CCNS(=O)(=O)CCOc1ccccc1N. The lowest BCUT2D eigenvalue weighted by molar-refractivity contribution is -0.120. The third-order valence-corrected chi connectivity index (χ3v) is 3.83. The van der Waals surface area contributed by atoms with Crippen molar-refractivity contribution >= 4 is 21.6 Å². The number of carbonyl (C=O) groups is 1. The van der Waals surface area contributed by atoms with Gasteiger partial charge in [-0.05, 0) is 12.1 Å². The average molecular weight is 301 g/mol. The summed E-state index contributed by atoms with van der Waals surface area (Å²) < 4.78 is 30.9. The third kappa shape index (κ3) is 5.89. The Hall–Kier alpha value is -1.80. The molecule has 0 spiro atoms. The van der Waals surface area contributed by atoms with Gasteiger partial charge in [-0.1, -0.05) is 12.1 Å². The summed E-state index contributed by atoms with van der Waals surface area (Å²) in [4.78, 5) is 10.9. The van der Waals surface area contributed by atoms with Crippen LogP contribution in [-0.4, -0.2) is 40.3 Å². The van der Waals surface area contributed by atoms with Crippen molar-refractivity contribution < 1.29 is 17.9 Å². The number of benzene rings is 1. The fourth-order valence-corrected chi connectivity index (χ4v) is 2.25. The van der Waals surface area contributed by atoms with Gasteiger partial charge in [0.15, 0.2) is 0 Å². The van der Waals surface area contributed by atoms with Gasteiger partial charge < -0.3 is 15.8 Å². The van der Waals surface area contributed by atoms with Crippen molar-refractivity contribution in [3.8, 4) is 5.75 Å². The summed E-state index contributed by atoms with van der Waals surface area (Å²) in [6.45, 7) is 0.0546. The summed E-state index contributed by atoms with van der Waals surface area (Å²) in [5.74, 6) is 0.0313. The normalized spacial score (nSPS) is 11.1. The highest BCUT2D eigenvalue weighted by Gasteiger charge is 2.11. The molecule has 8 heteroatoms. The maximum Gasteiger partial charge on any atom is 0.221 e. The smallest absolute Gasteiger partial charge is 0.221 e. The van der Waals surface area contributed by atoms with Crippen molar-refractivity contribution in [2.24, 2.45) is 0 Å². The Morgan fingerprint density at radius 2 is 2.05 bits per heavy atom. The molecule has 0 saturated carbocycles. The standard InChI is InChI=1S/C12H19N3O4S/c1-14-12(16)6-7-15-20(17,18)9-8-19-11-5-3-2-4-10(11)13/h2-5,15H,6-9,13H2,1H3,(H,14,16). The van der Waals surface area contributed by atoms with E-state index in [1.54, 1.807) is 24.3 Å². The van der Waals surface area contributed by atoms with Crippen LogP contribution in [0.4, 0.5) is 5.69 Å². The lowest BCUT2D eigenvalue weighted by atomic mass is 10.3. The van der Waals surface area contributed by atoms with Gasteiger partial charge in [-0.25, -0.2) is 13.1 Å². The minimum absolute atomic E-state index is 0.0104. The number of para-hydroxylation sites is 2. The van der Waals surface area contributed by atoms with E-state index in [-0.39, 0.29) is 31.2 Å². The molecular weight excluding hydrogens is 282 g/mol. The highest BCUT2D eigenvalue weighted by molar-refractivity contribution is 7.89. The molecule has 112 valence electrons. The second kappa shape index (κ2) is 7.71. The zero-order chi connectivity index (χ0) is 15.0. The number of amides is 1. The van der Waals surface area contributed by atoms with Crippen molar-refractivity contribution in [2.75, 3.05) is 31.7 Å². The summed E-state index contributed by atoms with van der Waals surface area (Å²) in [6.07, 6.45) is 0.0994.